The third-order valence-corrected chi connectivity index (χ3v) is 7.93. The molecule has 1 saturated heterocycles. The van der Waals surface area contributed by atoms with Crippen molar-refractivity contribution in [1.82, 2.24) is 5.32 Å². The standard InChI is InChI=1S/C27H33N3O/c1-19-7-6-8-24(20(19)2)30-25-10-9-22(21-11-15-28-16-12-21)17-23(25)27(26(30)29-18-31)13-4-3-5-14-27/h6-10,17-18,21,28H,3-5,11-16H2,1-2H3. The second-order valence-electron chi connectivity index (χ2n) is 9.56. The van der Waals surface area contributed by atoms with Crippen LogP contribution in [0.15, 0.2) is 41.4 Å². The first-order valence-electron chi connectivity index (χ1n) is 11.9. The van der Waals surface area contributed by atoms with Crippen LogP contribution in [0.3, 0.4) is 0 Å². The number of fused-ring (bicyclic) bond motifs is 2. The molecule has 2 aromatic rings. The van der Waals surface area contributed by atoms with Crippen molar-refractivity contribution in [1.29, 1.82) is 0 Å². The Morgan fingerprint density at radius 1 is 1.03 bits per heavy atom. The maximum absolute atomic E-state index is 11.8. The molecule has 0 unspecified atom stereocenters. The van der Waals surface area contributed by atoms with Crippen molar-refractivity contribution in [3.63, 3.8) is 0 Å². The number of nitrogens with one attached hydrogen (secondary N) is 1. The highest BCUT2D eigenvalue weighted by atomic mass is 16.1. The molecule has 2 fully saturated rings. The topological polar surface area (TPSA) is 44.7 Å². The van der Waals surface area contributed by atoms with E-state index in [1.54, 1.807) is 0 Å². The number of amides is 1. The van der Waals surface area contributed by atoms with E-state index < -0.39 is 0 Å². The van der Waals surface area contributed by atoms with Crippen molar-refractivity contribution in [3.05, 3.63) is 58.7 Å². The molecule has 31 heavy (non-hydrogen) atoms. The van der Waals surface area contributed by atoms with Gasteiger partial charge in [-0.3, -0.25) is 9.69 Å². The fourth-order valence-electron chi connectivity index (χ4n) is 6.09. The number of hydrogen-bond donors (Lipinski definition) is 1. The van der Waals surface area contributed by atoms with Crippen LogP contribution < -0.4 is 10.2 Å². The molecule has 5 rings (SSSR count). The Balaban J connectivity index is 1.71. The third-order valence-electron chi connectivity index (χ3n) is 7.93. The summed E-state index contributed by atoms with van der Waals surface area (Å²) in [4.78, 5) is 18.6. The number of carbonyl (C=O) groups excluding carboxylic acids is 1. The summed E-state index contributed by atoms with van der Waals surface area (Å²) in [5.41, 5.74) is 7.59. The minimum atomic E-state index is -0.145. The van der Waals surface area contributed by atoms with E-state index in [0.29, 0.717) is 5.92 Å². The average molecular weight is 416 g/mol. The van der Waals surface area contributed by atoms with Crippen LogP contribution in [0.5, 0.6) is 0 Å². The van der Waals surface area contributed by atoms with Gasteiger partial charge in [-0.1, -0.05) is 43.5 Å². The van der Waals surface area contributed by atoms with E-state index in [1.165, 1.54) is 60.0 Å². The molecular weight excluding hydrogens is 382 g/mol. The Morgan fingerprint density at radius 2 is 1.81 bits per heavy atom. The summed E-state index contributed by atoms with van der Waals surface area (Å²) in [6.07, 6.45) is 8.94. The molecule has 4 heteroatoms. The van der Waals surface area contributed by atoms with Crippen molar-refractivity contribution in [2.45, 2.75) is 70.1 Å². The maximum Gasteiger partial charge on any atom is 0.234 e. The first-order valence-corrected chi connectivity index (χ1v) is 11.9. The molecule has 1 N–H and O–H groups in total. The largest absolute Gasteiger partial charge is 0.317 e. The van der Waals surface area contributed by atoms with Gasteiger partial charge in [-0.15, -0.1) is 0 Å². The Bertz CT molecular complexity index is 1010. The molecule has 0 radical (unpaired) electrons. The normalized spacial score (nSPS) is 22.1. The summed E-state index contributed by atoms with van der Waals surface area (Å²) < 4.78 is 0. The number of nitrogens with zero attached hydrogens (tertiary/aromatic N) is 2. The molecule has 2 heterocycles. The summed E-state index contributed by atoms with van der Waals surface area (Å²) in [6, 6.07) is 13.6. The van der Waals surface area contributed by atoms with Crippen molar-refractivity contribution >= 4 is 23.6 Å². The minimum Gasteiger partial charge on any atom is -0.317 e. The van der Waals surface area contributed by atoms with Crippen molar-refractivity contribution in [3.8, 4) is 0 Å². The zero-order valence-electron chi connectivity index (χ0n) is 18.8. The van der Waals surface area contributed by atoms with Crippen LogP contribution in [0.25, 0.3) is 0 Å². The summed E-state index contributed by atoms with van der Waals surface area (Å²) >= 11 is 0. The number of carbonyl (C=O) groups is 1. The molecule has 1 spiro atoms. The number of hydrogen-bond acceptors (Lipinski definition) is 2. The van der Waals surface area contributed by atoms with Crippen LogP contribution in [0.1, 0.15) is 73.1 Å². The van der Waals surface area contributed by atoms with E-state index in [1.807, 2.05) is 0 Å². The fraction of sp³-hybridized carbons (Fsp3) is 0.481. The second-order valence-corrected chi connectivity index (χ2v) is 9.56. The van der Waals surface area contributed by atoms with Gasteiger partial charge in [-0.2, -0.15) is 0 Å². The highest BCUT2D eigenvalue weighted by Gasteiger charge is 2.50. The van der Waals surface area contributed by atoms with E-state index in [9.17, 15) is 4.79 Å². The first kappa shape index (κ1) is 20.4. The Hall–Kier alpha value is -2.46. The smallest absolute Gasteiger partial charge is 0.234 e. The molecule has 0 atom stereocenters. The molecule has 0 bridgehead atoms. The lowest BCUT2D eigenvalue weighted by molar-refractivity contribution is -0.106. The Labute approximate surface area is 185 Å². The maximum atomic E-state index is 11.8. The number of amidine groups is 1. The molecule has 2 aliphatic heterocycles. The van der Waals surface area contributed by atoms with Crippen LogP contribution in [-0.4, -0.2) is 25.3 Å². The predicted octanol–water partition coefficient (Wildman–Crippen LogP) is 5.68. The summed E-state index contributed by atoms with van der Waals surface area (Å²) in [5.74, 6) is 1.56. The molecule has 1 saturated carbocycles. The second kappa shape index (κ2) is 8.23. The van der Waals surface area contributed by atoms with E-state index in [4.69, 9.17) is 0 Å². The quantitative estimate of drug-likeness (QED) is 0.656. The van der Waals surface area contributed by atoms with E-state index in [-0.39, 0.29) is 5.41 Å². The summed E-state index contributed by atoms with van der Waals surface area (Å²) in [6.45, 7) is 6.53. The lowest BCUT2D eigenvalue weighted by atomic mass is 9.69. The van der Waals surface area contributed by atoms with Gasteiger partial charge in [0.1, 0.15) is 5.84 Å². The van der Waals surface area contributed by atoms with E-state index >= 15 is 0 Å². The summed E-state index contributed by atoms with van der Waals surface area (Å²) in [5, 5.41) is 3.49. The van der Waals surface area contributed by atoms with Gasteiger partial charge in [0.05, 0.1) is 16.8 Å². The highest BCUT2D eigenvalue weighted by molar-refractivity contribution is 6.18. The van der Waals surface area contributed by atoms with Crippen LogP contribution in [0.2, 0.25) is 0 Å². The van der Waals surface area contributed by atoms with Crippen LogP contribution in [-0.2, 0) is 10.2 Å². The van der Waals surface area contributed by atoms with Crippen molar-refractivity contribution in [2.24, 2.45) is 4.99 Å². The SMILES string of the molecule is Cc1cccc(N2C(=NC=O)C3(CCCCC3)c3cc(C4CCNCC4)ccc32)c1C. The van der Waals surface area contributed by atoms with Gasteiger partial charge in [-0.25, -0.2) is 4.99 Å². The van der Waals surface area contributed by atoms with Crippen LogP contribution in [0.4, 0.5) is 11.4 Å². The zero-order chi connectivity index (χ0) is 21.4. The molecule has 2 aromatic carbocycles. The molecule has 162 valence electrons. The number of benzene rings is 2. The highest BCUT2D eigenvalue weighted by Crippen LogP contribution is 2.54. The Kier molecular flexibility index (Phi) is 5.43. The summed E-state index contributed by atoms with van der Waals surface area (Å²) in [7, 11) is 0. The third kappa shape index (κ3) is 3.32. The van der Waals surface area contributed by atoms with Crippen molar-refractivity contribution < 1.29 is 4.79 Å². The van der Waals surface area contributed by atoms with Gasteiger partial charge in [0, 0.05) is 0 Å². The number of anilines is 2. The van der Waals surface area contributed by atoms with Crippen LogP contribution >= 0.6 is 0 Å². The predicted molar refractivity (Wildman–Crippen MR) is 128 cm³/mol. The lowest BCUT2D eigenvalue weighted by Gasteiger charge is -2.36. The van der Waals surface area contributed by atoms with Crippen LogP contribution in [0, 0.1) is 13.8 Å². The van der Waals surface area contributed by atoms with Gasteiger partial charge in [0.15, 0.2) is 0 Å². The average Bonchev–Trinajstić information content (AvgIpc) is 3.06. The van der Waals surface area contributed by atoms with E-state index in [2.05, 4.69) is 65.5 Å². The van der Waals surface area contributed by atoms with E-state index in [0.717, 1.165) is 43.9 Å². The van der Waals surface area contributed by atoms with Gasteiger partial charge in [-0.05, 0) is 92.9 Å². The number of piperidine rings is 1. The number of aliphatic imine (C=N–C) groups is 1. The van der Waals surface area contributed by atoms with Gasteiger partial charge in [0.25, 0.3) is 0 Å². The number of rotatable bonds is 3. The van der Waals surface area contributed by atoms with Gasteiger partial charge < -0.3 is 5.32 Å². The molecule has 3 aliphatic rings. The molecule has 4 nitrogen and oxygen atoms in total. The number of aryl methyl sites for hydroxylation is 1. The molecule has 1 amide bonds. The van der Waals surface area contributed by atoms with Crippen molar-refractivity contribution in [2.75, 3.05) is 18.0 Å². The fourth-order valence-corrected chi connectivity index (χ4v) is 6.09. The van der Waals surface area contributed by atoms with Gasteiger partial charge in [0.2, 0.25) is 6.41 Å². The Morgan fingerprint density at radius 3 is 2.55 bits per heavy atom. The van der Waals surface area contributed by atoms with Gasteiger partial charge >= 0.3 is 0 Å². The molecular formula is C27H33N3O. The first-order chi connectivity index (χ1) is 15.2. The zero-order valence-corrected chi connectivity index (χ0v) is 18.8. The minimum absolute atomic E-state index is 0.145. The lowest BCUT2D eigenvalue weighted by Crippen LogP contribution is -2.40. The molecule has 0 aromatic heterocycles. The molecule has 1 aliphatic carbocycles. The monoisotopic (exact) mass is 415 g/mol.